The fraction of sp³-hybridized carbons (Fsp3) is 1.00. The summed E-state index contributed by atoms with van der Waals surface area (Å²) in [5, 5.41) is 3.69. The van der Waals surface area contributed by atoms with Crippen LogP contribution in [0.3, 0.4) is 0 Å². The summed E-state index contributed by atoms with van der Waals surface area (Å²) in [5.41, 5.74) is 1.02. The van der Waals surface area contributed by atoms with E-state index in [4.69, 9.17) is 0 Å². The Labute approximate surface area is 89.7 Å². The Balaban J connectivity index is 2.62. The van der Waals surface area contributed by atoms with Crippen LogP contribution >= 0.6 is 0 Å². The minimum Gasteiger partial charge on any atom is -0.312 e. The molecule has 0 aromatic heterocycles. The molecule has 0 heterocycles. The quantitative estimate of drug-likeness (QED) is 0.713. The third-order valence-electron chi connectivity index (χ3n) is 3.12. The van der Waals surface area contributed by atoms with Crippen LogP contribution in [0.5, 0.6) is 0 Å². The molecular weight excluding hydrogens is 170 g/mol. The Morgan fingerprint density at radius 3 is 1.79 bits per heavy atom. The normalized spacial score (nSPS) is 26.8. The van der Waals surface area contributed by atoms with Crippen molar-refractivity contribution in [1.82, 2.24) is 5.32 Å². The van der Waals surface area contributed by atoms with Crippen LogP contribution in [0.15, 0.2) is 0 Å². The zero-order valence-electron chi connectivity index (χ0n) is 10.8. The molecule has 0 bridgehead atoms. The second kappa shape index (κ2) is 3.84. The van der Waals surface area contributed by atoms with E-state index in [1.165, 1.54) is 19.3 Å². The van der Waals surface area contributed by atoms with Crippen LogP contribution in [0.25, 0.3) is 0 Å². The average molecular weight is 197 g/mol. The molecule has 1 saturated carbocycles. The molecule has 0 aromatic carbocycles. The SMILES string of the molecule is CC(C)NC1CC(C)(C)CC(C)(C)C1. The van der Waals surface area contributed by atoms with Crippen LogP contribution in [0.1, 0.15) is 60.8 Å². The van der Waals surface area contributed by atoms with Gasteiger partial charge in [0.15, 0.2) is 0 Å². The lowest BCUT2D eigenvalue weighted by Gasteiger charge is -2.45. The molecule has 14 heavy (non-hydrogen) atoms. The van der Waals surface area contributed by atoms with Crippen LogP contribution < -0.4 is 5.32 Å². The minimum atomic E-state index is 0.508. The Morgan fingerprint density at radius 1 is 1.00 bits per heavy atom. The second-order valence-electron chi connectivity index (χ2n) is 6.93. The van der Waals surface area contributed by atoms with E-state index >= 15 is 0 Å². The highest BCUT2D eigenvalue weighted by atomic mass is 14.9. The summed E-state index contributed by atoms with van der Waals surface area (Å²) in [6.07, 6.45) is 4.01. The molecule has 1 nitrogen and oxygen atoms in total. The second-order valence-corrected chi connectivity index (χ2v) is 6.93. The van der Waals surface area contributed by atoms with Gasteiger partial charge in [0.1, 0.15) is 0 Å². The van der Waals surface area contributed by atoms with E-state index in [0.29, 0.717) is 22.9 Å². The van der Waals surface area contributed by atoms with E-state index in [1.807, 2.05) is 0 Å². The van der Waals surface area contributed by atoms with Gasteiger partial charge in [-0.1, -0.05) is 41.5 Å². The Hall–Kier alpha value is -0.0400. The van der Waals surface area contributed by atoms with Gasteiger partial charge in [-0.15, -0.1) is 0 Å². The monoisotopic (exact) mass is 197 g/mol. The van der Waals surface area contributed by atoms with Crippen LogP contribution in [-0.2, 0) is 0 Å². The first kappa shape index (κ1) is 12.0. The maximum Gasteiger partial charge on any atom is 0.00795 e. The molecule has 1 aliphatic rings. The van der Waals surface area contributed by atoms with Crippen molar-refractivity contribution < 1.29 is 0 Å². The van der Waals surface area contributed by atoms with Crippen molar-refractivity contribution in [2.24, 2.45) is 10.8 Å². The standard InChI is InChI=1S/C13H27N/c1-10(2)14-11-7-12(3,4)9-13(5,6)8-11/h10-11,14H,7-9H2,1-6H3. The molecule has 0 spiro atoms. The molecule has 0 aromatic rings. The Bertz CT molecular complexity index is 175. The largest absolute Gasteiger partial charge is 0.312 e. The Kier molecular flexibility index (Phi) is 3.30. The highest BCUT2D eigenvalue weighted by Gasteiger charge is 2.38. The molecule has 0 atom stereocenters. The number of nitrogens with one attached hydrogen (secondary N) is 1. The first-order valence-corrected chi connectivity index (χ1v) is 5.96. The fourth-order valence-electron chi connectivity index (χ4n) is 3.44. The van der Waals surface area contributed by atoms with E-state index in [1.54, 1.807) is 0 Å². The van der Waals surface area contributed by atoms with E-state index < -0.39 is 0 Å². The molecule has 1 rings (SSSR count). The van der Waals surface area contributed by atoms with Gasteiger partial charge in [-0.05, 0) is 30.1 Å². The third kappa shape index (κ3) is 3.61. The molecule has 84 valence electrons. The first-order valence-electron chi connectivity index (χ1n) is 5.96. The van der Waals surface area contributed by atoms with Crippen molar-refractivity contribution in [2.75, 3.05) is 0 Å². The minimum absolute atomic E-state index is 0.508. The van der Waals surface area contributed by atoms with E-state index in [0.717, 1.165) is 0 Å². The van der Waals surface area contributed by atoms with Gasteiger partial charge in [0.2, 0.25) is 0 Å². The van der Waals surface area contributed by atoms with Gasteiger partial charge in [-0.25, -0.2) is 0 Å². The lowest BCUT2D eigenvalue weighted by atomic mass is 9.63. The van der Waals surface area contributed by atoms with Gasteiger partial charge in [0, 0.05) is 12.1 Å². The summed E-state index contributed by atoms with van der Waals surface area (Å²) in [4.78, 5) is 0. The first-order chi connectivity index (χ1) is 6.20. The van der Waals surface area contributed by atoms with Gasteiger partial charge >= 0.3 is 0 Å². The van der Waals surface area contributed by atoms with Crippen molar-refractivity contribution in [3.8, 4) is 0 Å². The summed E-state index contributed by atoms with van der Waals surface area (Å²) in [6, 6.07) is 1.33. The molecule has 1 heteroatoms. The van der Waals surface area contributed by atoms with E-state index in [-0.39, 0.29) is 0 Å². The highest BCUT2D eigenvalue weighted by molar-refractivity contribution is 4.92. The van der Waals surface area contributed by atoms with E-state index in [2.05, 4.69) is 46.9 Å². The summed E-state index contributed by atoms with van der Waals surface area (Å²) >= 11 is 0. The zero-order chi connectivity index (χ0) is 11.0. The van der Waals surface area contributed by atoms with Gasteiger partial charge < -0.3 is 5.32 Å². The molecule has 0 radical (unpaired) electrons. The fourth-order valence-corrected chi connectivity index (χ4v) is 3.44. The zero-order valence-corrected chi connectivity index (χ0v) is 10.8. The van der Waals surface area contributed by atoms with Crippen LogP contribution in [-0.4, -0.2) is 12.1 Å². The molecule has 0 aliphatic heterocycles. The Morgan fingerprint density at radius 2 is 1.43 bits per heavy atom. The molecule has 1 N–H and O–H groups in total. The summed E-state index contributed by atoms with van der Waals surface area (Å²) in [6.45, 7) is 14.1. The summed E-state index contributed by atoms with van der Waals surface area (Å²) in [5.74, 6) is 0. The topological polar surface area (TPSA) is 12.0 Å². The molecule has 0 unspecified atom stereocenters. The maximum absolute atomic E-state index is 3.69. The molecule has 0 amide bonds. The maximum atomic E-state index is 3.69. The van der Waals surface area contributed by atoms with Crippen molar-refractivity contribution in [1.29, 1.82) is 0 Å². The predicted octanol–water partition coefficient (Wildman–Crippen LogP) is 3.59. The lowest BCUT2D eigenvalue weighted by molar-refractivity contribution is 0.0820. The van der Waals surface area contributed by atoms with Gasteiger partial charge in [0.05, 0.1) is 0 Å². The predicted molar refractivity (Wildman–Crippen MR) is 63.5 cm³/mol. The molecular formula is C13H27N. The van der Waals surface area contributed by atoms with Crippen LogP contribution in [0, 0.1) is 10.8 Å². The van der Waals surface area contributed by atoms with Crippen molar-refractivity contribution in [3.05, 3.63) is 0 Å². The molecule has 1 aliphatic carbocycles. The van der Waals surface area contributed by atoms with Gasteiger partial charge in [0.25, 0.3) is 0 Å². The lowest BCUT2D eigenvalue weighted by Crippen LogP contribution is -2.46. The summed E-state index contributed by atoms with van der Waals surface area (Å²) in [7, 11) is 0. The number of hydrogen-bond acceptors (Lipinski definition) is 1. The smallest absolute Gasteiger partial charge is 0.00795 e. The average Bonchev–Trinajstić information content (AvgIpc) is 1.74. The van der Waals surface area contributed by atoms with Crippen LogP contribution in [0.4, 0.5) is 0 Å². The molecule has 0 saturated heterocycles. The van der Waals surface area contributed by atoms with Crippen molar-refractivity contribution >= 4 is 0 Å². The van der Waals surface area contributed by atoms with E-state index in [9.17, 15) is 0 Å². The molecule has 1 fully saturated rings. The van der Waals surface area contributed by atoms with Gasteiger partial charge in [-0.3, -0.25) is 0 Å². The number of hydrogen-bond donors (Lipinski definition) is 1. The van der Waals surface area contributed by atoms with Gasteiger partial charge in [-0.2, -0.15) is 0 Å². The van der Waals surface area contributed by atoms with Crippen molar-refractivity contribution in [3.63, 3.8) is 0 Å². The third-order valence-corrected chi connectivity index (χ3v) is 3.12. The summed E-state index contributed by atoms with van der Waals surface area (Å²) < 4.78 is 0. The highest BCUT2D eigenvalue weighted by Crippen LogP contribution is 2.45. The number of rotatable bonds is 2. The van der Waals surface area contributed by atoms with Crippen molar-refractivity contribution in [2.45, 2.75) is 72.9 Å². The van der Waals surface area contributed by atoms with Crippen LogP contribution in [0.2, 0.25) is 0 Å².